The molecule has 4 heteroatoms. The van der Waals surface area contributed by atoms with Crippen LogP contribution in [0.25, 0.3) is 21.5 Å². The second kappa shape index (κ2) is 16.6. The van der Waals surface area contributed by atoms with Gasteiger partial charge >= 0.3 is 41.9 Å². The first-order valence-corrected chi connectivity index (χ1v) is 19.8. The third-order valence-electron chi connectivity index (χ3n) is 6.62. The van der Waals surface area contributed by atoms with E-state index in [-0.39, 0.29) is 30.2 Å². The largest absolute Gasteiger partial charge is 1.00 e. The molecule has 0 aliphatic carbocycles. The Morgan fingerprint density at radius 2 is 0.842 bits per heavy atom. The number of fused-ring (bicyclic) bond motifs is 2. The minimum atomic E-state index is 0. The van der Waals surface area contributed by atoms with Crippen LogP contribution in [0.4, 0.5) is 0 Å². The van der Waals surface area contributed by atoms with Crippen LogP contribution in [0.1, 0.15) is 112 Å². The van der Waals surface area contributed by atoms with E-state index in [1.165, 1.54) is 54.9 Å². The molecule has 0 spiro atoms. The minimum absolute atomic E-state index is 0. The van der Waals surface area contributed by atoms with E-state index in [0.717, 1.165) is 0 Å². The molecule has 4 aromatic carbocycles. The molecule has 4 aromatic rings. The Morgan fingerprint density at radius 3 is 1.08 bits per heavy atom. The van der Waals surface area contributed by atoms with Crippen molar-refractivity contribution in [1.29, 1.82) is 0 Å². The first-order valence-electron chi connectivity index (χ1n) is 13.6. The van der Waals surface area contributed by atoms with Crippen molar-refractivity contribution in [1.82, 2.24) is 0 Å². The van der Waals surface area contributed by atoms with Crippen molar-refractivity contribution in [2.45, 2.75) is 106 Å². The molecule has 0 fully saturated rings. The summed E-state index contributed by atoms with van der Waals surface area (Å²) in [4.78, 5) is 0. The van der Waals surface area contributed by atoms with Crippen LogP contribution in [0.5, 0.6) is 0 Å². The molecule has 0 bridgehead atoms. The SMILES string of the molecule is C[Si](C)=[Zr+2].Cc1cc2c(C(C)C)cc(C(C)C)cc2[cH-]1.Cc1cc2c(C(C)C)cc(C(C)C)cc2[cH-]1.[Cl-].[Cl-]. The van der Waals surface area contributed by atoms with Gasteiger partial charge in [-0.15, -0.1) is 56.9 Å². The van der Waals surface area contributed by atoms with Crippen molar-refractivity contribution in [3.63, 3.8) is 0 Å². The molecule has 0 unspecified atom stereocenters. The summed E-state index contributed by atoms with van der Waals surface area (Å²) in [5.41, 5.74) is 8.87. The van der Waals surface area contributed by atoms with Gasteiger partial charge in [0.2, 0.25) is 0 Å². The van der Waals surface area contributed by atoms with Gasteiger partial charge in [-0.2, -0.15) is 12.1 Å². The van der Waals surface area contributed by atoms with Crippen molar-refractivity contribution in [2.75, 3.05) is 0 Å². The first-order chi connectivity index (χ1) is 16.7. The van der Waals surface area contributed by atoms with E-state index >= 15 is 0 Å². The van der Waals surface area contributed by atoms with Gasteiger partial charge in [-0.1, -0.05) is 104 Å². The zero-order chi connectivity index (χ0) is 27.3. The van der Waals surface area contributed by atoms with Crippen LogP contribution in [0.2, 0.25) is 13.1 Å². The third-order valence-corrected chi connectivity index (χ3v) is 6.62. The molecule has 4 rings (SSSR count). The van der Waals surface area contributed by atoms with Crippen LogP contribution < -0.4 is 24.8 Å². The molecule has 0 atom stereocenters. The number of hydrogen-bond donors (Lipinski definition) is 0. The van der Waals surface area contributed by atoms with Crippen molar-refractivity contribution in [3.05, 3.63) is 81.9 Å². The van der Waals surface area contributed by atoms with Gasteiger partial charge in [0.1, 0.15) is 0 Å². The van der Waals surface area contributed by atoms with Crippen molar-refractivity contribution in [3.8, 4) is 0 Å². The molecule has 0 nitrogen and oxygen atoms in total. The number of hydrogen-bond acceptors (Lipinski definition) is 0. The van der Waals surface area contributed by atoms with E-state index < -0.39 is 0 Å². The van der Waals surface area contributed by atoms with Gasteiger partial charge in [0, 0.05) is 0 Å². The number of benzene rings is 2. The smallest absolute Gasteiger partial charge is 0.0306 e. The summed E-state index contributed by atoms with van der Waals surface area (Å²) in [6.45, 7) is 27.2. The summed E-state index contributed by atoms with van der Waals surface area (Å²) in [6.07, 6.45) is 0. The Labute approximate surface area is 261 Å². The van der Waals surface area contributed by atoms with Crippen LogP contribution in [-0.2, 0) is 23.3 Å². The summed E-state index contributed by atoms with van der Waals surface area (Å²) in [6, 6.07) is 18.7. The first kappa shape index (κ1) is 37.3. The molecule has 0 saturated heterocycles. The number of halogens is 2. The van der Waals surface area contributed by atoms with E-state index in [4.69, 9.17) is 0 Å². The second-order valence-electron chi connectivity index (χ2n) is 11.9. The van der Waals surface area contributed by atoms with Gasteiger partial charge in [-0.3, -0.25) is 0 Å². The fraction of sp³-hybridized carbons (Fsp3) is 0.471. The van der Waals surface area contributed by atoms with Gasteiger partial charge in [0.25, 0.3) is 0 Å². The molecule has 0 aliphatic rings. The summed E-state index contributed by atoms with van der Waals surface area (Å²) < 4.78 is 0. The Kier molecular flexibility index (Phi) is 16.3. The summed E-state index contributed by atoms with van der Waals surface area (Å²) in [7, 11) is 0. The van der Waals surface area contributed by atoms with Crippen molar-refractivity contribution >= 4 is 27.0 Å². The van der Waals surface area contributed by atoms with Gasteiger partial charge in [-0.05, 0) is 23.7 Å². The summed E-state index contributed by atoms with van der Waals surface area (Å²) in [5.74, 6) is 2.42. The average Bonchev–Trinajstić information content (AvgIpc) is 3.32. The molecule has 0 radical (unpaired) electrons. The quantitative estimate of drug-likeness (QED) is 0.216. The van der Waals surface area contributed by atoms with Crippen LogP contribution in [-0.4, -0.2) is 5.43 Å². The molecule has 0 saturated carbocycles. The molecular weight excluding hydrogens is 599 g/mol. The maximum absolute atomic E-state index is 2.39. The molecule has 0 N–H and O–H groups in total. The Morgan fingerprint density at radius 1 is 0.553 bits per heavy atom. The predicted octanol–water partition coefficient (Wildman–Crippen LogP) is 5.02. The molecule has 0 aliphatic heterocycles. The molecule has 0 aromatic heterocycles. The fourth-order valence-electron chi connectivity index (χ4n) is 4.67. The normalized spacial score (nSPS) is 10.8. The number of rotatable bonds is 4. The Balaban J connectivity index is 0.000000604. The Hall–Kier alpha value is -0.660. The zero-order valence-corrected chi connectivity index (χ0v) is 30.7. The van der Waals surface area contributed by atoms with E-state index in [2.05, 4.69) is 131 Å². The van der Waals surface area contributed by atoms with Crippen LogP contribution in [0.3, 0.4) is 0 Å². The van der Waals surface area contributed by atoms with Crippen LogP contribution in [0.15, 0.2) is 48.5 Å². The van der Waals surface area contributed by atoms with Gasteiger partial charge in [0.05, 0.1) is 0 Å². The summed E-state index contributed by atoms with van der Waals surface area (Å²) in [5, 5.41) is 5.70. The molecule has 0 heterocycles. The van der Waals surface area contributed by atoms with E-state index in [1.807, 2.05) is 0 Å². The van der Waals surface area contributed by atoms with Crippen molar-refractivity contribution in [2.24, 2.45) is 0 Å². The minimum Gasteiger partial charge on any atom is -1.00 e. The third kappa shape index (κ3) is 10.4. The van der Waals surface area contributed by atoms with E-state index in [9.17, 15) is 0 Å². The molecular formula is C34H48Cl2SiZr-2. The van der Waals surface area contributed by atoms with Crippen LogP contribution in [0, 0.1) is 13.8 Å². The van der Waals surface area contributed by atoms with Crippen molar-refractivity contribution < 1.29 is 48.1 Å². The van der Waals surface area contributed by atoms with E-state index in [0.29, 0.717) is 23.7 Å². The topological polar surface area (TPSA) is 0 Å². The van der Waals surface area contributed by atoms with Gasteiger partial charge < -0.3 is 24.8 Å². The second-order valence-corrected chi connectivity index (χ2v) is 21.3. The van der Waals surface area contributed by atoms with E-state index in [1.54, 1.807) is 23.3 Å². The van der Waals surface area contributed by atoms with Gasteiger partial charge in [-0.25, -0.2) is 0 Å². The molecule has 208 valence electrons. The maximum Gasteiger partial charge on any atom is -0.0306 e. The average molecular weight is 647 g/mol. The Bertz CT molecular complexity index is 1210. The van der Waals surface area contributed by atoms with Gasteiger partial charge in [0.15, 0.2) is 0 Å². The zero-order valence-electron chi connectivity index (χ0n) is 25.7. The number of aryl methyl sites for hydroxylation is 2. The molecule has 0 amide bonds. The standard InChI is InChI=1S/2C16H21.C2H6Si.2ClH.Zr/c2*1-10(2)13-8-14-6-12(5)7-16(14)15(9-13)11(3)4;1-3-2;;;/h2*6-11H,1-5H3;1-2H3;2*1H;/q2*-1;;;;+2/p-2. The van der Waals surface area contributed by atoms with Crippen LogP contribution >= 0.6 is 0 Å². The molecule has 38 heavy (non-hydrogen) atoms. The predicted molar refractivity (Wildman–Crippen MR) is 162 cm³/mol. The fourth-order valence-corrected chi connectivity index (χ4v) is 4.67. The monoisotopic (exact) mass is 644 g/mol. The maximum atomic E-state index is 2.39. The summed E-state index contributed by atoms with van der Waals surface area (Å²) >= 11 is 1.74.